The largest absolute Gasteiger partial charge is 0.487 e. The van der Waals surface area contributed by atoms with Gasteiger partial charge in [-0.2, -0.15) is 4.31 Å². The van der Waals surface area contributed by atoms with E-state index in [4.69, 9.17) is 14.2 Å². The molecule has 0 saturated carbocycles. The summed E-state index contributed by atoms with van der Waals surface area (Å²) in [7, 11) is -3.75. The molecule has 0 N–H and O–H groups in total. The van der Waals surface area contributed by atoms with Crippen molar-refractivity contribution in [2.24, 2.45) is 5.92 Å². The highest BCUT2D eigenvalue weighted by atomic mass is 32.2. The third-order valence-electron chi connectivity index (χ3n) is 5.21. The Kier molecular flexibility index (Phi) is 8.40. The van der Waals surface area contributed by atoms with Crippen LogP contribution in [0.25, 0.3) is 0 Å². The van der Waals surface area contributed by atoms with Crippen LogP contribution in [0, 0.1) is 11.7 Å². The number of rotatable bonds is 9. The first-order valence-corrected chi connectivity index (χ1v) is 12.1. The van der Waals surface area contributed by atoms with E-state index in [0.29, 0.717) is 12.8 Å². The van der Waals surface area contributed by atoms with Crippen molar-refractivity contribution >= 4 is 22.0 Å². The molecule has 2 aromatic rings. The van der Waals surface area contributed by atoms with E-state index in [1.165, 1.54) is 40.7 Å². The monoisotopic (exact) mass is 479 g/mol. The van der Waals surface area contributed by atoms with Crippen molar-refractivity contribution in [2.45, 2.75) is 24.7 Å². The molecular formula is C23H26FNO7S. The molecular weight excluding hydrogens is 453 g/mol. The Morgan fingerprint density at radius 3 is 2.30 bits per heavy atom. The van der Waals surface area contributed by atoms with Crippen LogP contribution in [-0.4, -0.2) is 57.6 Å². The van der Waals surface area contributed by atoms with Gasteiger partial charge in [0.2, 0.25) is 10.0 Å². The number of para-hydroxylation sites is 1. The van der Waals surface area contributed by atoms with Gasteiger partial charge in [-0.05, 0) is 56.2 Å². The number of halogens is 1. The molecule has 1 heterocycles. The summed E-state index contributed by atoms with van der Waals surface area (Å²) in [6.45, 7) is 2.26. The van der Waals surface area contributed by atoms with Gasteiger partial charge < -0.3 is 14.2 Å². The highest BCUT2D eigenvalue weighted by molar-refractivity contribution is 7.89. The zero-order valence-corrected chi connectivity index (χ0v) is 19.1. The summed E-state index contributed by atoms with van der Waals surface area (Å²) in [4.78, 5) is 24.1. The van der Waals surface area contributed by atoms with Gasteiger partial charge in [0.1, 0.15) is 13.2 Å². The predicted molar refractivity (Wildman–Crippen MR) is 117 cm³/mol. The Labute approximate surface area is 192 Å². The summed E-state index contributed by atoms with van der Waals surface area (Å²) in [5.41, 5.74) is 0.274. The Balaban J connectivity index is 1.46. The van der Waals surface area contributed by atoms with Crippen molar-refractivity contribution in [3.05, 3.63) is 59.9 Å². The minimum Gasteiger partial charge on any atom is -0.487 e. The number of nitrogens with zero attached hydrogens (tertiary/aromatic N) is 1. The second kappa shape index (κ2) is 11.2. The van der Waals surface area contributed by atoms with Crippen molar-refractivity contribution in [3.63, 3.8) is 0 Å². The molecule has 0 unspecified atom stereocenters. The number of hydrogen-bond acceptors (Lipinski definition) is 7. The molecule has 0 radical (unpaired) electrons. The standard InChI is InChI=1S/C23H26FNO7S/c1-2-30-22(26)17-7-9-19(10-8-17)33(28,29)25-13-11-18(12-14-25)23(27)32-16-15-31-21-6-4-3-5-20(21)24/h3-10,18H,2,11-16H2,1H3. The molecule has 0 aromatic heterocycles. The smallest absolute Gasteiger partial charge is 0.338 e. The maximum Gasteiger partial charge on any atom is 0.338 e. The van der Waals surface area contributed by atoms with Crippen LogP contribution < -0.4 is 4.74 Å². The first kappa shape index (κ1) is 24.7. The SMILES string of the molecule is CCOC(=O)c1ccc(S(=O)(=O)N2CCC(C(=O)OCCOc3ccccc3F)CC2)cc1. The van der Waals surface area contributed by atoms with Crippen LogP contribution in [0.3, 0.4) is 0 Å². The van der Waals surface area contributed by atoms with Gasteiger partial charge in [0.25, 0.3) is 0 Å². The second-order valence-electron chi connectivity index (χ2n) is 7.37. The van der Waals surface area contributed by atoms with Crippen LogP contribution in [0.2, 0.25) is 0 Å². The molecule has 0 atom stereocenters. The molecule has 2 aromatic carbocycles. The molecule has 10 heteroatoms. The van der Waals surface area contributed by atoms with E-state index in [1.54, 1.807) is 19.1 Å². The Hall–Kier alpha value is -2.98. The van der Waals surface area contributed by atoms with E-state index in [-0.39, 0.29) is 49.1 Å². The highest BCUT2D eigenvalue weighted by Crippen LogP contribution is 2.25. The zero-order chi connectivity index (χ0) is 23.8. The second-order valence-corrected chi connectivity index (χ2v) is 9.31. The van der Waals surface area contributed by atoms with E-state index in [1.807, 2.05) is 0 Å². The van der Waals surface area contributed by atoms with E-state index < -0.39 is 33.7 Å². The lowest BCUT2D eigenvalue weighted by atomic mass is 9.98. The molecule has 8 nitrogen and oxygen atoms in total. The fourth-order valence-corrected chi connectivity index (χ4v) is 4.90. The van der Waals surface area contributed by atoms with Gasteiger partial charge in [0, 0.05) is 13.1 Å². The average molecular weight is 480 g/mol. The fourth-order valence-electron chi connectivity index (χ4n) is 3.43. The molecule has 0 amide bonds. The molecule has 1 aliphatic heterocycles. The molecule has 178 valence electrons. The maximum atomic E-state index is 13.5. The zero-order valence-electron chi connectivity index (χ0n) is 18.2. The summed E-state index contributed by atoms with van der Waals surface area (Å²) in [5.74, 6) is -1.77. The lowest BCUT2D eigenvalue weighted by molar-refractivity contribution is -0.150. The molecule has 1 fully saturated rings. The van der Waals surface area contributed by atoms with Gasteiger partial charge in [0.15, 0.2) is 11.6 Å². The Bertz CT molecular complexity index is 1060. The third kappa shape index (κ3) is 6.29. The minimum atomic E-state index is -3.75. The minimum absolute atomic E-state index is 0.0156. The maximum absolute atomic E-state index is 13.5. The van der Waals surface area contributed by atoms with Gasteiger partial charge in [-0.1, -0.05) is 12.1 Å². The number of sulfonamides is 1. The molecule has 0 bridgehead atoms. The van der Waals surface area contributed by atoms with Crippen LogP contribution >= 0.6 is 0 Å². The van der Waals surface area contributed by atoms with Crippen molar-refractivity contribution in [2.75, 3.05) is 32.9 Å². The molecule has 0 spiro atoms. The molecule has 3 rings (SSSR count). The van der Waals surface area contributed by atoms with Gasteiger partial charge in [0.05, 0.1) is 23.0 Å². The van der Waals surface area contributed by atoms with Crippen LogP contribution in [0.1, 0.15) is 30.1 Å². The van der Waals surface area contributed by atoms with Crippen LogP contribution in [-0.2, 0) is 24.3 Å². The van der Waals surface area contributed by atoms with Crippen molar-refractivity contribution in [3.8, 4) is 5.75 Å². The van der Waals surface area contributed by atoms with Crippen LogP contribution in [0.4, 0.5) is 4.39 Å². The molecule has 33 heavy (non-hydrogen) atoms. The normalized spacial score (nSPS) is 15.1. The number of esters is 2. The van der Waals surface area contributed by atoms with E-state index in [2.05, 4.69) is 0 Å². The van der Waals surface area contributed by atoms with Crippen LogP contribution in [0.5, 0.6) is 5.75 Å². The third-order valence-corrected chi connectivity index (χ3v) is 7.13. The number of carbonyl (C=O) groups is 2. The number of hydrogen-bond donors (Lipinski definition) is 0. The van der Waals surface area contributed by atoms with Crippen LogP contribution in [0.15, 0.2) is 53.4 Å². The number of ether oxygens (including phenoxy) is 3. The van der Waals surface area contributed by atoms with Crippen molar-refractivity contribution in [1.82, 2.24) is 4.31 Å². The Morgan fingerprint density at radius 2 is 1.67 bits per heavy atom. The predicted octanol–water partition coefficient (Wildman–Crippen LogP) is 3.03. The van der Waals surface area contributed by atoms with E-state index >= 15 is 0 Å². The molecule has 1 aliphatic rings. The van der Waals surface area contributed by atoms with Gasteiger partial charge in [-0.15, -0.1) is 0 Å². The first-order valence-electron chi connectivity index (χ1n) is 10.6. The number of carbonyl (C=O) groups excluding carboxylic acids is 2. The average Bonchev–Trinajstić information content (AvgIpc) is 2.83. The summed E-state index contributed by atoms with van der Waals surface area (Å²) in [6.07, 6.45) is 0.653. The molecule has 1 saturated heterocycles. The molecule has 0 aliphatic carbocycles. The van der Waals surface area contributed by atoms with Gasteiger partial charge in [-0.25, -0.2) is 17.6 Å². The lowest BCUT2D eigenvalue weighted by Gasteiger charge is -2.30. The first-order chi connectivity index (χ1) is 15.8. The fraction of sp³-hybridized carbons (Fsp3) is 0.391. The summed E-state index contributed by atoms with van der Waals surface area (Å²) in [5, 5.41) is 0. The number of piperidine rings is 1. The summed E-state index contributed by atoms with van der Waals surface area (Å²) < 4.78 is 56.0. The highest BCUT2D eigenvalue weighted by Gasteiger charge is 2.32. The quantitative estimate of drug-likeness (QED) is 0.403. The van der Waals surface area contributed by atoms with E-state index in [0.717, 1.165) is 0 Å². The van der Waals surface area contributed by atoms with E-state index in [9.17, 15) is 22.4 Å². The topological polar surface area (TPSA) is 99.2 Å². The van der Waals surface area contributed by atoms with Crippen molar-refractivity contribution < 1.29 is 36.6 Å². The number of benzene rings is 2. The van der Waals surface area contributed by atoms with Gasteiger partial charge in [-0.3, -0.25) is 4.79 Å². The summed E-state index contributed by atoms with van der Waals surface area (Å²) >= 11 is 0. The van der Waals surface area contributed by atoms with Crippen molar-refractivity contribution in [1.29, 1.82) is 0 Å². The van der Waals surface area contributed by atoms with Gasteiger partial charge >= 0.3 is 11.9 Å². The Morgan fingerprint density at radius 1 is 1.00 bits per heavy atom. The summed E-state index contributed by atoms with van der Waals surface area (Å²) in [6, 6.07) is 11.5. The lowest BCUT2D eigenvalue weighted by Crippen LogP contribution is -2.40.